The predicted octanol–water partition coefficient (Wildman–Crippen LogP) is 5.21. The fourth-order valence-electron chi connectivity index (χ4n) is 3.56. The molecule has 0 spiro atoms. The molecule has 1 aromatic rings. The molecule has 0 radical (unpaired) electrons. The van der Waals surface area contributed by atoms with Crippen LogP contribution in [0.15, 0.2) is 24.3 Å². The Morgan fingerprint density at radius 2 is 1.70 bits per heavy atom. The molecule has 0 aromatic heterocycles. The summed E-state index contributed by atoms with van der Waals surface area (Å²) in [6, 6.07) is 9.69. The van der Waals surface area contributed by atoms with Gasteiger partial charge in [0.1, 0.15) is 0 Å². The first-order chi connectivity index (χ1) is 9.63. The van der Waals surface area contributed by atoms with Crippen LogP contribution in [0.1, 0.15) is 57.6 Å². The van der Waals surface area contributed by atoms with Crippen LogP contribution in [0.3, 0.4) is 0 Å². The fraction of sp³-hybridized carbons (Fsp3) is 0.667. The summed E-state index contributed by atoms with van der Waals surface area (Å²) in [7, 11) is 0. The number of halogens is 1. The average Bonchev–Trinajstić information content (AvgIpc) is 3.26. The van der Waals surface area contributed by atoms with Crippen molar-refractivity contribution in [2.45, 2.75) is 58.0 Å². The Balaban J connectivity index is 1.67. The van der Waals surface area contributed by atoms with Crippen LogP contribution in [0, 0.1) is 17.8 Å². The smallest absolute Gasteiger partial charge is 0.0406 e. The van der Waals surface area contributed by atoms with Crippen molar-refractivity contribution in [1.29, 1.82) is 0 Å². The lowest BCUT2D eigenvalue weighted by Gasteiger charge is -2.35. The third-order valence-electron chi connectivity index (χ3n) is 5.34. The molecule has 0 amide bonds. The van der Waals surface area contributed by atoms with E-state index >= 15 is 0 Å². The van der Waals surface area contributed by atoms with Gasteiger partial charge in [0.25, 0.3) is 0 Å². The van der Waals surface area contributed by atoms with Crippen molar-refractivity contribution in [2.24, 2.45) is 17.8 Å². The summed E-state index contributed by atoms with van der Waals surface area (Å²) in [4.78, 5) is 0. The van der Waals surface area contributed by atoms with Gasteiger partial charge < -0.3 is 5.32 Å². The molecule has 1 aromatic carbocycles. The normalized spacial score (nSPS) is 32.0. The van der Waals surface area contributed by atoms with Crippen LogP contribution in [0.2, 0.25) is 5.02 Å². The maximum Gasteiger partial charge on any atom is 0.0406 e. The minimum absolute atomic E-state index is 0.540. The standard InChI is InChI=1S/C18H26ClN/c1-12-3-10-17(11-13(12)2)20-18(14-4-5-14)15-6-8-16(19)9-7-15/h6-9,12-14,17-18,20H,3-5,10-11H2,1-2H3. The quantitative estimate of drug-likeness (QED) is 0.803. The zero-order valence-electron chi connectivity index (χ0n) is 12.6. The number of hydrogen-bond donors (Lipinski definition) is 1. The minimum Gasteiger partial charge on any atom is -0.307 e. The molecule has 4 unspecified atom stereocenters. The Morgan fingerprint density at radius 1 is 1.00 bits per heavy atom. The van der Waals surface area contributed by atoms with E-state index in [0.29, 0.717) is 12.1 Å². The van der Waals surface area contributed by atoms with Gasteiger partial charge in [0.2, 0.25) is 0 Å². The molecule has 1 N–H and O–H groups in total. The van der Waals surface area contributed by atoms with Crippen molar-refractivity contribution in [3.05, 3.63) is 34.9 Å². The van der Waals surface area contributed by atoms with Gasteiger partial charge >= 0.3 is 0 Å². The van der Waals surface area contributed by atoms with Crippen LogP contribution in [0.25, 0.3) is 0 Å². The zero-order valence-corrected chi connectivity index (χ0v) is 13.4. The number of rotatable bonds is 4. The molecule has 2 aliphatic rings. The minimum atomic E-state index is 0.540. The van der Waals surface area contributed by atoms with Crippen LogP contribution in [0.5, 0.6) is 0 Å². The van der Waals surface area contributed by atoms with Gasteiger partial charge in [-0.2, -0.15) is 0 Å². The van der Waals surface area contributed by atoms with Crippen LogP contribution >= 0.6 is 11.6 Å². The van der Waals surface area contributed by atoms with E-state index in [2.05, 4.69) is 31.3 Å². The molecule has 2 fully saturated rings. The zero-order chi connectivity index (χ0) is 14.1. The summed E-state index contributed by atoms with van der Waals surface area (Å²) >= 11 is 6.02. The molecule has 0 bridgehead atoms. The van der Waals surface area contributed by atoms with Gasteiger partial charge in [0.15, 0.2) is 0 Å². The Labute approximate surface area is 128 Å². The SMILES string of the molecule is CC1CCC(NC(c2ccc(Cl)cc2)C2CC2)CC1C. The lowest BCUT2D eigenvalue weighted by molar-refractivity contribution is 0.210. The molecule has 0 heterocycles. The summed E-state index contributed by atoms with van der Waals surface area (Å²) in [6.07, 6.45) is 6.79. The van der Waals surface area contributed by atoms with E-state index in [9.17, 15) is 0 Å². The molecule has 3 rings (SSSR count). The van der Waals surface area contributed by atoms with E-state index in [1.165, 1.54) is 37.7 Å². The van der Waals surface area contributed by atoms with Crippen molar-refractivity contribution in [3.8, 4) is 0 Å². The predicted molar refractivity (Wildman–Crippen MR) is 86.0 cm³/mol. The summed E-state index contributed by atoms with van der Waals surface area (Å²) < 4.78 is 0. The number of benzene rings is 1. The van der Waals surface area contributed by atoms with E-state index in [4.69, 9.17) is 11.6 Å². The Bertz CT molecular complexity index is 437. The van der Waals surface area contributed by atoms with Gasteiger partial charge in [-0.1, -0.05) is 37.6 Å². The molecule has 2 heteroatoms. The summed E-state index contributed by atoms with van der Waals surface area (Å²) in [6.45, 7) is 4.81. The first-order valence-electron chi connectivity index (χ1n) is 8.15. The van der Waals surface area contributed by atoms with E-state index in [1.54, 1.807) is 0 Å². The van der Waals surface area contributed by atoms with Gasteiger partial charge in [-0.25, -0.2) is 0 Å². The molecule has 110 valence electrons. The second kappa shape index (κ2) is 6.07. The third kappa shape index (κ3) is 3.38. The van der Waals surface area contributed by atoms with Gasteiger partial charge in [-0.3, -0.25) is 0 Å². The molecule has 20 heavy (non-hydrogen) atoms. The molecule has 0 aliphatic heterocycles. The fourth-order valence-corrected chi connectivity index (χ4v) is 3.68. The lowest BCUT2D eigenvalue weighted by atomic mass is 9.78. The topological polar surface area (TPSA) is 12.0 Å². The van der Waals surface area contributed by atoms with Gasteiger partial charge in [0.05, 0.1) is 0 Å². The molecular weight excluding hydrogens is 266 g/mol. The average molecular weight is 292 g/mol. The van der Waals surface area contributed by atoms with Crippen molar-refractivity contribution < 1.29 is 0 Å². The van der Waals surface area contributed by atoms with Crippen LogP contribution < -0.4 is 5.32 Å². The van der Waals surface area contributed by atoms with Crippen LogP contribution in [-0.2, 0) is 0 Å². The first kappa shape index (κ1) is 14.4. The molecule has 2 saturated carbocycles. The van der Waals surface area contributed by atoms with Crippen LogP contribution in [-0.4, -0.2) is 6.04 Å². The van der Waals surface area contributed by atoms with E-state index < -0.39 is 0 Å². The monoisotopic (exact) mass is 291 g/mol. The summed E-state index contributed by atoms with van der Waals surface area (Å²) in [5.41, 5.74) is 1.42. The molecule has 4 atom stereocenters. The molecule has 1 nitrogen and oxygen atoms in total. The largest absolute Gasteiger partial charge is 0.307 e. The Hall–Kier alpha value is -0.530. The Morgan fingerprint density at radius 3 is 2.30 bits per heavy atom. The van der Waals surface area contributed by atoms with Crippen LogP contribution in [0.4, 0.5) is 0 Å². The summed E-state index contributed by atoms with van der Waals surface area (Å²) in [5, 5.41) is 4.80. The molecular formula is C18H26ClN. The highest BCUT2D eigenvalue weighted by atomic mass is 35.5. The maximum absolute atomic E-state index is 6.02. The van der Waals surface area contributed by atoms with Crippen molar-refractivity contribution >= 4 is 11.6 Å². The van der Waals surface area contributed by atoms with Crippen molar-refractivity contribution in [2.75, 3.05) is 0 Å². The highest BCUT2D eigenvalue weighted by Crippen LogP contribution is 2.42. The van der Waals surface area contributed by atoms with Crippen molar-refractivity contribution in [1.82, 2.24) is 5.32 Å². The summed E-state index contributed by atoms with van der Waals surface area (Å²) in [5.74, 6) is 2.58. The lowest BCUT2D eigenvalue weighted by Crippen LogP contribution is -2.39. The van der Waals surface area contributed by atoms with E-state index in [0.717, 1.165) is 22.8 Å². The molecule has 0 saturated heterocycles. The van der Waals surface area contributed by atoms with E-state index in [1.807, 2.05) is 12.1 Å². The van der Waals surface area contributed by atoms with Gasteiger partial charge in [-0.05, 0) is 67.6 Å². The van der Waals surface area contributed by atoms with Crippen molar-refractivity contribution in [3.63, 3.8) is 0 Å². The maximum atomic E-state index is 6.02. The first-order valence-corrected chi connectivity index (χ1v) is 8.53. The Kier molecular flexibility index (Phi) is 4.37. The van der Waals surface area contributed by atoms with E-state index in [-0.39, 0.29) is 0 Å². The number of nitrogens with one attached hydrogen (secondary N) is 1. The highest BCUT2D eigenvalue weighted by molar-refractivity contribution is 6.30. The van der Waals surface area contributed by atoms with Gasteiger partial charge in [0, 0.05) is 17.1 Å². The highest BCUT2D eigenvalue weighted by Gasteiger charge is 2.35. The van der Waals surface area contributed by atoms with Gasteiger partial charge in [-0.15, -0.1) is 0 Å². The second-order valence-corrected chi connectivity index (χ2v) is 7.43. The third-order valence-corrected chi connectivity index (χ3v) is 5.59. The second-order valence-electron chi connectivity index (χ2n) is 7.00. The number of hydrogen-bond acceptors (Lipinski definition) is 1. The molecule has 2 aliphatic carbocycles.